The first kappa shape index (κ1) is 13.3. The highest BCUT2D eigenvalue weighted by Gasteiger charge is 2.11. The number of fused-ring (bicyclic) bond motifs is 1. The predicted molar refractivity (Wildman–Crippen MR) is 80.9 cm³/mol. The molecule has 0 fully saturated rings. The van der Waals surface area contributed by atoms with Gasteiger partial charge in [-0.2, -0.15) is 0 Å². The molecule has 0 aliphatic heterocycles. The van der Waals surface area contributed by atoms with Crippen LogP contribution in [0, 0.1) is 0 Å². The van der Waals surface area contributed by atoms with Crippen LogP contribution in [-0.4, -0.2) is 6.04 Å². The largest absolute Gasteiger partial charge is 0.456 e. The van der Waals surface area contributed by atoms with Gasteiger partial charge in [-0.1, -0.05) is 25.4 Å². The Morgan fingerprint density at radius 1 is 1.05 bits per heavy atom. The summed E-state index contributed by atoms with van der Waals surface area (Å²) in [6.07, 6.45) is 0. The summed E-state index contributed by atoms with van der Waals surface area (Å²) in [5.74, 6) is 2.35. The Balaban J connectivity index is 1.87. The maximum absolute atomic E-state index is 5.98. The molecule has 0 saturated carbocycles. The third kappa shape index (κ3) is 2.74. The molecule has 0 saturated heterocycles. The minimum atomic E-state index is 0.428. The smallest absolute Gasteiger partial charge is 0.170 e. The summed E-state index contributed by atoms with van der Waals surface area (Å²) in [4.78, 5) is 0. The molecule has 2 aromatic heterocycles. The second-order valence-corrected chi connectivity index (χ2v) is 5.53. The lowest BCUT2D eigenvalue weighted by atomic mass is 10.2. The number of halogens is 1. The van der Waals surface area contributed by atoms with Crippen molar-refractivity contribution in [2.24, 2.45) is 0 Å². The molecule has 0 aliphatic carbocycles. The lowest BCUT2D eigenvalue weighted by Gasteiger charge is -2.04. The number of hydrogen-bond acceptors (Lipinski definition) is 3. The molecule has 0 spiro atoms. The van der Waals surface area contributed by atoms with E-state index in [-0.39, 0.29) is 0 Å². The summed E-state index contributed by atoms with van der Waals surface area (Å²) in [5, 5.41) is 5.00. The lowest BCUT2D eigenvalue weighted by molar-refractivity contribution is 0.463. The SMILES string of the molecule is CC(C)NCc1ccc(-c2cc3cc(Cl)ccc3o2)o1. The fourth-order valence-corrected chi connectivity index (χ4v) is 2.23. The second-order valence-electron chi connectivity index (χ2n) is 5.09. The summed E-state index contributed by atoms with van der Waals surface area (Å²) in [6, 6.07) is 11.8. The van der Waals surface area contributed by atoms with Crippen molar-refractivity contribution in [2.45, 2.75) is 26.4 Å². The van der Waals surface area contributed by atoms with Crippen molar-refractivity contribution >= 4 is 22.6 Å². The quantitative estimate of drug-likeness (QED) is 0.746. The molecule has 0 amide bonds. The zero-order chi connectivity index (χ0) is 14.1. The fourth-order valence-electron chi connectivity index (χ4n) is 2.05. The highest BCUT2D eigenvalue weighted by Crippen LogP contribution is 2.30. The van der Waals surface area contributed by atoms with Crippen molar-refractivity contribution in [2.75, 3.05) is 0 Å². The summed E-state index contributed by atoms with van der Waals surface area (Å²) < 4.78 is 11.6. The molecular formula is C16H16ClNO2. The Bertz CT molecular complexity index is 727. The number of furan rings is 2. The monoisotopic (exact) mass is 289 g/mol. The maximum Gasteiger partial charge on any atom is 0.170 e. The maximum atomic E-state index is 5.98. The van der Waals surface area contributed by atoms with Crippen LogP contribution < -0.4 is 5.32 Å². The van der Waals surface area contributed by atoms with Crippen LogP contribution in [-0.2, 0) is 6.54 Å². The molecule has 0 atom stereocenters. The Hall–Kier alpha value is -1.71. The van der Waals surface area contributed by atoms with E-state index in [0.717, 1.165) is 28.2 Å². The molecule has 0 bridgehead atoms. The van der Waals surface area contributed by atoms with Crippen LogP contribution in [0.5, 0.6) is 0 Å². The number of benzene rings is 1. The van der Waals surface area contributed by atoms with E-state index < -0.39 is 0 Å². The molecule has 1 aromatic carbocycles. The van der Waals surface area contributed by atoms with Crippen LogP contribution in [0.2, 0.25) is 5.02 Å². The van der Waals surface area contributed by atoms with Gasteiger partial charge in [-0.3, -0.25) is 0 Å². The first-order valence-corrected chi connectivity index (χ1v) is 7.01. The average molecular weight is 290 g/mol. The first-order valence-electron chi connectivity index (χ1n) is 6.63. The van der Waals surface area contributed by atoms with Gasteiger partial charge in [-0.05, 0) is 36.4 Å². The first-order chi connectivity index (χ1) is 9.61. The van der Waals surface area contributed by atoms with Gasteiger partial charge in [-0.25, -0.2) is 0 Å². The van der Waals surface area contributed by atoms with Crippen LogP contribution in [0.3, 0.4) is 0 Å². The summed E-state index contributed by atoms with van der Waals surface area (Å²) in [5.41, 5.74) is 0.808. The van der Waals surface area contributed by atoms with Gasteiger partial charge in [0.2, 0.25) is 0 Å². The van der Waals surface area contributed by atoms with E-state index >= 15 is 0 Å². The predicted octanol–water partition coefficient (Wildman–Crippen LogP) is 4.84. The molecule has 4 heteroatoms. The highest BCUT2D eigenvalue weighted by atomic mass is 35.5. The molecule has 0 aliphatic rings. The lowest BCUT2D eigenvalue weighted by Crippen LogP contribution is -2.21. The van der Waals surface area contributed by atoms with Gasteiger partial charge in [0.25, 0.3) is 0 Å². The highest BCUT2D eigenvalue weighted by molar-refractivity contribution is 6.31. The van der Waals surface area contributed by atoms with Gasteiger partial charge < -0.3 is 14.2 Å². The molecule has 0 radical (unpaired) electrons. The third-order valence-corrected chi connectivity index (χ3v) is 3.30. The topological polar surface area (TPSA) is 38.3 Å². The van der Waals surface area contributed by atoms with Gasteiger partial charge in [0.05, 0.1) is 6.54 Å². The van der Waals surface area contributed by atoms with Gasteiger partial charge in [0.15, 0.2) is 11.5 Å². The molecule has 3 rings (SSSR count). The van der Waals surface area contributed by atoms with E-state index in [4.69, 9.17) is 20.4 Å². The Morgan fingerprint density at radius 3 is 2.70 bits per heavy atom. The minimum Gasteiger partial charge on any atom is -0.456 e. The van der Waals surface area contributed by atoms with Crippen LogP contribution >= 0.6 is 11.6 Å². The van der Waals surface area contributed by atoms with E-state index in [1.54, 1.807) is 0 Å². The molecule has 0 unspecified atom stereocenters. The summed E-state index contributed by atoms with van der Waals surface area (Å²) in [6.45, 7) is 4.92. The summed E-state index contributed by atoms with van der Waals surface area (Å²) >= 11 is 5.98. The van der Waals surface area contributed by atoms with E-state index in [1.165, 1.54) is 0 Å². The zero-order valence-electron chi connectivity index (χ0n) is 11.4. The van der Waals surface area contributed by atoms with E-state index in [2.05, 4.69) is 19.2 Å². The van der Waals surface area contributed by atoms with Gasteiger partial charge in [0, 0.05) is 16.5 Å². The van der Waals surface area contributed by atoms with Crippen LogP contribution in [0.1, 0.15) is 19.6 Å². The molecule has 1 N–H and O–H groups in total. The van der Waals surface area contributed by atoms with Crippen molar-refractivity contribution < 1.29 is 8.83 Å². The van der Waals surface area contributed by atoms with E-state index in [9.17, 15) is 0 Å². The Kier molecular flexibility index (Phi) is 3.55. The normalized spacial score (nSPS) is 11.6. The van der Waals surface area contributed by atoms with Gasteiger partial charge >= 0.3 is 0 Å². The third-order valence-electron chi connectivity index (χ3n) is 3.07. The summed E-state index contributed by atoms with van der Waals surface area (Å²) in [7, 11) is 0. The number of nitrogens with one attached hydrogen (secondary N) is 1. The van der Waals surface area contributed by atoms with Crippen molar-refractivity contribution in [3.8, 4) is 11.5 Å². The fraction of sp³-hybridized carbons (Fsp3) is 0.250. The van der Waals surface area contributed by atoms with E-state index in [0.29, 0.717) is 17.6 Å². The van der Waals surface area contributed by atoms with E-state index in [1.807, 2.05) is 36.4 Å². The number of rotatable bonds is 4. The van der Waals surface area contributed by atoms with Crippen molar-refractivity contribution in [1.29, 1.82) is 0 Å². The van der Waals surface area contributed by atoms with Crippen LogP contribution in [0.25, 0.3) is 22.5 Å². The van der Waals surface area contributed by atoms with Crippen LogP contribution in [0.4, 0.5) is 0 Å². The van der Waals surface area contributed by atoms with Gasteiger partial charge in [0.1, 0.15) is 11.3 Å². The minimum absolute atomic E-state index is 0.428. The molecule has 2 heterocycles. The number of hydrogen-bond donors (Lipinski definition) is 1. The molecule has 104 valence electrons. The molecular weight excluding hydrogens is 274 g/mol. The average Bonchev–Trinajstić information content (AvgIpc) is 3.01. The van der Waals surface area contributed by atoms with Crippen LogP contribution in [0.15, 0.2) is 45.2 Å². The molecule has 3 aromatic rings. The Labute approximate surface area is 122 Å². The van der Waals surface area contributed by atoms with Crippen molar-refractivity contribution in [3.63, 3.8) is 0 Å². The molecule has 3 nitrogen and oxygen atoms in total. The zero-order valence-corrected chi connectivity index (χ0v) is 12.2. The standard InChI is InChI=1S/C16H16ClNO2/c1-10(2)18-9-13-4-6-15(19-13)16-8-11-7-12(17)3-5-14(11)20-16/h3-8,10,18H,9H2,1-2H3. The van der Waals surface area contributed by atoms with Gasteiger partial charge in [-0.15, -0.1) is 0 Å². The van der Waals surface area contributed by atoms with Crippen molar-refractivity contribution in [3.05, 3.63) is 47.2 Å². The molecule has 20 heavy (non-hydrogen) atoms. The van der Waals surface area contributed by atoms with Crippen molar-refractivity contribution in [1.82, 2.24) is 5.32 Å². The Morgan fingerprint density at radius 2 is 1.90 bits per heavy atom. The second kappa shape index (κ2) is 5.35.